The summed E-state index contributed by atoms with van der Waals surface area (Å²) in [6, 6.07) is 0. The van der Waals surface area contributed by atoms with Crippen LogP contribution in [0, 0.1) is 17.3 Å². The fourth-order valence-electron chi connectivity index (χ4n) is 1.88. The van der Waals surface area contributed by atoms with Crippen molar-refractivity contribution < 1.29 is 28.7 Å². The van der Waals surface area contributed by atoms with Gasteiger partial charge in [0.2, 0.25) is 0 Å². The van der Waals surface area contributed by atoms with Crippen LogP contribution in [0.2, 0.25) is 0 Å². The summed E-state index contributed by atoms with van der Waals surface area (Å²) in [6.45, 7) is 2.80. The number of hydrogen-bond acceptors (Lipinski definition) is 6. The number of ether oxygens (including phenoxy) is 2. The molecule has 6 nitrogen and oxygen atoms in total. The van der Waals surface area contributed by atoms with Gasteiger partial charge < -0.3 is 9.47 Å². The standard InChI is InChI=1S/C9H8O6/c1-3-5(10)14-6(11)4-7(12)15-8(13)9(3,4)2/h3-4H,1-2H3. The molecule has 0 aromatic rings. The van der Waals surface area contributed by atoms with Gasteiger partial charge in [0.1, 0.15) is 5.41 Å². The van der Waals surface area contributed by atoms with Crippen LogP contribution in [0.25, 0.3) is 0 Å². The van der Waals surface area contributed by atoms with Crippen LogP contribution in [0.4, 0.5) is 0 Å². The van der Waals surface area contributed by atoms with Gasteiger partial charge in [0.25, 0.3) is 0 Å². The first-order valence-electron chi connectivity index (χ1n) is 4.40. The van der Waals surface area contributed by atoms with E-state index in [4.69, 9.17) is 0 Å². The highest BCUT2D eigenvalue weighted by atomic mass is 16.6. The summed E-state index contributed by atoms with van der Waals surface area (Å²) in [7, 11) is 0. The van der Waals surface area contributed by atoms with Crippen molar-refractivity contribution >= 4 is 23.9 Å². The average Bonchev–Trinajstić information content (AvgIpc) is 2.36. The third-order valence-electron chi connectivity index (χ3n) is 3.16. The van der Waals surface area contributed by atoms with Gasteiger partial charge >= 0.3 is 23.9 Å². The lowest BCUT2D eigenvalue weighted by molar-refractivity contribution is -0.182. The Morgan fingerprint density at radius 3 is 2.13 bits per heavy atom. The SMILES string of the molecule is CC1C(=O)OC(=O)C2C(=O)OC(=O)C12C. The Kier molecular flexibility index (Phi) is 1.74. The molecular formula is C9H8O6. The zero-order valence-electron chi connectivity index (χ0n) is 8.10. The maximum Gasteiger partial charge on any atom is 0.329 e. The topological polar surface area (TPSA) is 86.7 Å². The molecule has 2 saturated heterocycles. The van der Waals surface area contributed by atoms with E-state index in [9.17, 15) is 19.2 Å². The first kappa shape index (κ1) is 9.82. The lowest BCUT2D eigenvalue weighted by Gasteiger charge is -2.32. The molecule has 0 aliphatic carbocycles. The summed E-state index contributed by atoms with van der Waals surface area (Å²) in [5, 5.41) is 0. The maximum atomic E-state index is 11.4. The van der Waals surface area contributed by atoms with Crippen LogP contribution in [-0.2, 0) is 28.7 Å². The molecule has 0 spiro atoms. The number of rotatable bonds is 0. The van der Waals surface area contributed by atoms with E-state index in [2.05, 4.69) is 9.47 Å². The van der Waals surface area contributed by atoms with Crippen molar-refractivity contribution in [1.29, 1.82) is 0 Å². The minimum atomic E-state index is -1.41. The van der Waals surface area contributed by atoms with E-state index < -0.39 is 41.1 Å². The number of carbonyl (C=O) groups excluding carboxylic acids is 4. The van der Waals surface area contributed by atoms with Crippen molar-refractivity contribution in [3.63, 3.8) is 0 Å². The summed E-state index contributed by atoms with van der Waals surface area (Å²) < 4.78 is 8.73. The zero-order valence-corrected chi connectivity index (χ0v) is 8.10. The number of hydrogen-bond donors (Lipinski definition) is 0. The second-order valence-electron chi connectivity index (χ2n) is 3.89. The normalized spacial score (nSPS) is 39.9. The van der Waals surface area contributed by atoms with E-state index in [-0.39, 0.29) is 0 Å². The van der Waals surface area contributed by atoms with E-state index in [1.807, 2.05) is 0 Å². The molecule has 2 aliphatic rings. The van der Waals surface area contributed by atoms with Crippen LogP contribution in [0.3, 0.4) is 0 Å². The smallest absolute Gasteiger partial charge is 0.329 e. The van der Waals surface area contributed by atoms with E-state index in [0.717, 1.165) is 0 Å². The quantitative estimate of drug-likeness (QED) is 0.394. The van der Waals surface area contributed by atoms with Gasteiger partial charge in [-0.3, -0.25) is 19.2 Å². The van der Waals surface area contributed by atoms with Gasteiger partial charge in [0.05, 0.1) is 5.92 Å². The monoisotopic (exact) mass is 212 g/mol. The second-order valence-corrected chi connectivity index (χ2v) is 3.89. The fraction of sp³-hybridized carbons (Fsp3) is 0.556. The van der Waals surface area contributed by atoms with E-state index in [1.165, 1.54) is 13.8 Å². The molecular weight excluding hydrogens is 204 g/mol. The first-order chi connectivity index (χ1) is 6.89. The molecule has 0 aromatic carbocycles. The summed E-state index contributed by atoms with van der Waals surface area (Å²) in [6.07, 6.45) is 0. The Balaban J connectivity index is 2.55. The van der Waals surface area contributed by atoms with E-state index >= 15 is 0 Å². The molecule has 0 amide bonds. The van der Waals surface area contributed by atoms with Crippen molar-refractivity contribution in [3.05, 3.63) is 0 Å². The van der Waals surface area contributed by atoms with Crippen LogP contribution in [0.5, 0.6) is 0 Å². The zero-order chi connectivity index (χ0) is 11.4. The highest BCUT2D eigenvalue weighted by Crippen LogP contribution is 2.46. The lowest BCUT2D eigenvalue weighted by atomic mass is 9.68. The molecule has 2 rings (SSSR count). The highest BCUT2D eigenvalue weighted by molar-refractivity contribution is 6.14. The molecule has 0 bridgehead atoms. The summed E-state index contributed by atoms with van der Waals surface area (Å²) in [5.41, 5.74) is -1.41. The largest absolute Gasteiger partial charge is 0.392 e. The molecule has 3 unspecified atom stereocenters. The van der Waals surface area contributed by atoms with Crippen LogP contribution in [0.1, 0.15) is 13.8 Å². The fourth-order valence-corrected chi connectivity index (χ4v) is 1.88. The van der Waals surface area contributed by atoms with Crippen molar-refractivity contribution in [2.75, 3.05) is 0 Å². The van der Waals surface area contributed by atoms with E-state index in [0.29, 0.717) is 0 Å². The van der Waals surface area contributed by atoms with Gasteiger partial charge in [-0.15, -0.1) is 0 Å². The number of esters is 4. The number of carbonyl (C=O) groups is 4. The van der Waals surface area contributed by atoms with Gasteiger partial charge in [-0.1, -0.05) is 6.92 Å². The Hall–Kier alpha value is -1.72. The average molecular weight is 212 g/mol. The molecule has 6 heteroatoms. The molecule has 80 valence electrons. The molecule has 0 radical (unpaired) electrons. The van der Waals surface area contributed by atoms with Gasteiger partial charge in [0.15, 0.2) is 5.92 Å². The Bertz CT molecular complexity index is 397. The minimum absolute atomic E-state index is 0.801. The van der Waals surface area contributed by atoms with Crippen LogP contribution in [-0.4, -0.2) is 23.9 Å². The van der Waals surface area contributed by atoms with Crippen LogP contribution < -0.4 is 0 Å². The van der Waals surface area contributed by atoms with Gasteiger partial charge in [-0.05, 0) is 6.92 Å². The lowest BCUT2D eigenvalue weighted by Crippen LogP contribution is -2.50. The highest BCUT2D eigenvalue weighted by Gasteiger charge is 2.66. The van der Waals surface area contributed by atoms with Gasteiger partial charge in [-0.25, -0.2) is 0 Å². The Morgan fingerprint density at radius 2 is 1.53 bits per heavy atom. The second kappa shape index (κ2) is 2.65. The van der Waals surface area contributed by atoms with Gasteiger partial charge in [0, 0.05) is 0 Å². The summed E-state index contributed by atoms with van der Waals surface area (Å²) in [5.74, 6) is -5.75. The Morgan fingerprint density at radius 1 is 1.00 bits per heavy atom. The first-order valence-corrected chi connectivity index (χ1v) is 4.40. The van der Waals surface area contributed by atoms with E-state index in [1.54, 1.807) is 0 Å². The third kappa shape index (κ3) is 0.986. The summed E-state index contributed by atoms with van der Waals surface area (Å²) >= 11 is 0. The van der Waals surface area contributed by atoms with Gasteiger partial charge in [-0.2, -0.15) is 0 Å². The molecule has 0 aromatic heterocycles. The van der Waals surface area contributed by atoms with Crippen LogP contribution in [0.15, 0.2) is 0 Å². The third-order valence-corrected chi connectivity index (χ3v) is 3.16. The summed E-state index contributed by atoms with van der Waals surface area (Å²) in [4.78, 5) is 45.2. The number of fused-ring (bicyclic) bond motifs is 1. The van der Waals surface area contributed by atoms with Crippen molar-refractivity contribution in [2.45, 2.75) is 13.8 Å². The van der Waals surface area contributed by atoms with Crippen molar-refractivity contribution in [2.24, 2.45) is 17.3 Å². The van der Waals surface area contributed by atoms with Crippen LogP contribution >= 0.6 is 0 Å². The molecule has 3 atom stereocenters. The molecule has 2 fully saturated rings. The molecule has 2 aliphatic heterocycles. The predicted molar refractivity (Wildman–Crippen MR) is 43.0 cm³/mol. The number of cyclic esters (lactones) is 4. The molecule has 0 saturated carbocycles. The molecule has 15 heavy (non-hydrogen) atoms. The minimum Gasteiger partial charge on any atom is -0.392 e. The molecule has 0 N–H and O–H groups in total. The van der Waals surface area contributed by atoms with Crippen molar-refractivity contribution in [3.8, 4) is 0 Å². The Labute approximate surface area is 84.5 Å². The molecule has 2 heterocycles. The maximum absolute atomic E-state index is 11.4. The predicted octanol–water partition coefficient (Wildman–Crippen LogP) is -0.588. The van der Waals surface area contributed by atoms with Crippen molar-refractivity contribution in [1.82, 2.24) is 0 Å².